The van der Waals surface area contributed by atoms with E-state index in [1.807, 2.05) is 20.8 Å². The van der Waals surface area contributed by atoms with E-state index < -0.39 is 6.04 Å². The van der Waals surface area contributed by atoms with E-state index in [9.17, 15) is 4.79 Å². The third-order valence-corrected chi connectivity index (χ3v) is 1.65. The number of carbonyl (C=O) groups is 1. The SMILES string of the molecule is CC(N)C(=O)c1nnn(C(C)(C)C)n1. The number of rotatable bonds is 2. The van der Waals surface area contributed by atoms with Gasteiger partial charge in [-0.15, -0.1) is 10.2 Å². The number of nitrogens with zero attached hydrogens (tertiary/aromatic N) is 4. The predicted octanol–water partition coefficient (Wildman–Crippen LogP) is -0.0420. The third-order valence-electron chi connectivity index (χ3n) is 1.65. The fourth-order valence-electron chi connectivity index (χ4n) is 0.801. The van der Waals surface area contributed by atoms with E-state index in [1.165, 1.54) is 4.80 Å². The monoisotopic (exact) mass is 197 g/mol. The highest BCUT2D eigenvalue weighted by Gasteiger charge is 2.21. The second kappa shape index (κ2) is 3.45. The van der Waals surface area contributed by atoms with Gasteiger partial charge in [-0.2, -0.15) is 4.80 Å². The van der Waals surface area contributed by atoms with Crippen LogP contribution in [0.3, 0.4) is 0 Å². The molecule has 6 nitrogen and oxygen atoms in total. The molecule has 0 aliphatic carbocycles. The van der Waals surface area contributed by atoms with E-state index in [-0.39, 0.29) is 17.1 Å². The lowest BCUT2D eigenvalue weighted by Crippen LogP contribution is -2.29. The van der Waals surface area contributed by atoms with Crippen LogP contribution in [-0.2, 0) is 5.54 Å². The summed E-state index contributed by atoms with van der Waals surface area (Å²) < 4.78 is 0. The molecule has 1 aromatic rings. The van der Waals surface area contributed by atoms with E-state index in [0.29, 0.717) is 0 Å². The minimum absolute atomic E-state index is 0.0786. The lowest BCUT2D eigenvalue weighted by molar-refractivity contribution is 0.0957. The van der Waals surface area contributed by atoms with Crippen LogP contribution in [0.25, 0.3) is 0 Å². The molecular formula is C8H15N5O. The smallest absolute Gasteiger partial charge is 0.242 e. The van der Waals surface area contributed by atoms with Gasteiger partial charge >= 0.3 is 0 Å². The van der Waals surface area contributed by atoms with Crippen molar-refractivity contribution in [3.63, 3.8) is 0 Å². The fourth-order valence-corrected chi connectivity index (χ4v) is 0.801. The molecule has 0 saturated carbocycles. The van der Waals surface area contributed by atoms with Gasteiger partial charge in [-0.05, 0) is 32.9 Å². The second-order valence-corrected chi connectivity index (χ2v) is 4.23. The highest BCUT2D eigenvalue weighted by molar-refractivity contribution is 5.96. The summed E-state index contributed by atoms with van der Waals surface area (Å²) in [6.45, 7) is 7.37. The maximum absolute atomic E-state index is 11.4. The standard InChI is InChI=1S/C8H15N5O/c1-5(9)6(14)7-10-12-13(11-7)8(2,3)4/h5H,9H2,1-4H3. The van der Waals surface area contributed by atoms with Crippen molar-refractivity contribution in [2.75, 3.05) is 0 Å². The highest BCUT2D eigenvalue weighted by Crippen LogP contribution is 2.09. The van der Waals surface area contributed by atoms with E-state index in [0.717, 1.165) is 0 Å². The van der Waals surface area contributed by atoms with Crippen LogP contribution in [-0.4, -0.2) is 32.0 Å². The number of hydrogen-bond acceptors (Lipinski definition) is 5. The lowest BCUT2D eigenvalue weighted by atomic mass is 10.1. The summed E-state index contributed by atoms with van der Waals surface area (Å²) in [5.41, 5.74) is 5.15. The number of carbonyl (C=O) groups excluding carboxylic acids is 1. The summed E-state index contributed by atoms with van der Waals surface area (Å²) in [6, 6.07) is -0.590. The van der Waals surface area contributed by atoms with Crippen molar-refractivity contribution in [1.29, 1.82) is 0 Å². The molecule has 0 spiro atoms. The predicted molar refractivity (Wildman–Crippen MR) is 50.8 cm³/mol. The molecule has 2 N–H and O–H groups in total. The summed E-state index contributed by atoms with van der Waals surface area (Å²) in [6.07, 6.45) is 0. The Kier molecular flexibility index (Phi) is 2.66. The Hall–Kier alpha value is -1.30. The normalized spacial score (nSPS) is 14.1. The molecule has 0 aliphatic rings. The average molecular weight is 197 g/mol. The first kappa shape index (κ1) is 10.8. The lowest BCUT2D eigenvalue weighted by Gasteiger charge is -2.15. The molecule has 78 valence electrons. The van der Waals surface area contributed by atoms with Gasteiger partial charge in [-0.1, -0.05) is 0 Å². The van der Waals surface area contributed by atoms with E-state index in [4.69, 9.17) is 5.73 Å². The van der Waals surface area contributed by atoms with Crippen molar-refractivity contribution >= 4 is 5.78 Å². The minimum Gasteiger partial charge on any atom is -0.321 e. The Morgan fingerprint density at radius 2 is 2.07 bits per heavy atom. The molecule has 0 amide bonds. The maximum atomic E-state index is 11.4. The molecule has 1 atom stereocenters. The van der Waals surface area contributed by atoms with Crippen molar-refractivity contribution < 1.29 is 4.79 Å². The summed E-state index contributed by atoms with van der Waals surface area (Å²) >= 11 is 0. The Morgan fingerprint density at radius 3 is 2.43 bits per heavy atom. The molecule has 0 aliphatic heterocycles. The van der Waals surface area contributed by atoms with Crippen LogP contribution in [0.5, 0.6) is 0 Å². The van der Waals surface area contributed by atoms with Gasteiger partial charge in [-0.3, -0.25) is 4.79 Å². The van der Waals surface area contributed by atoms with Crippen LogP contribution >= 0.6 is 0 Å². The molecule has 0 aromatic carbocycles. The number of tetrazole rings is 1. The van der Waals surface area contributed by atoms with Crippen LogP contribution in [0.15, 0.2) is 0 Å². The molecular weight excluding hydrogens is 182 g/mol. The number of hydrogen-bond donors (Lipinski definition) is 1. The number of ketones is 1. The van der Waals surface area contributed by atoms with Crippen molar-refractivity contribution in [3.8, 4) is 0 Å². The summed E-state index contributed by atoms with van der Waals surface area (Å²) in [4.78, 5) is 12.8. The van der Waals surface area contributed by atoms with Crippen LogP contribution in [0.1, 0.15) is 38.3 Å². The molecule has 0 radical (unpaired) electrons. The molecule has 1 unspecified atom stereocenters. The molecule has 0 saturated heterocycles. The molecule has 14 heavy (non-hydrogen) atoms. The topological polar surface area (TPSA) is 86.7 Å². The first-order valence-electron chi connectivity index (χ1n) is 4.42. The highest BCUT2D eigenvalue weighted by atomic mass is 16.1. The fraction of sp³-hybridized carbons (Fsp3) is 0.750. The van der Waals surface area contributed by atoms with Gasteiger partial charge in [0.2, 0.25) is 11.6 Å². The second-order valence-electron chi connectivity index (χ2n) is 4.23. The quantitative estimate of drug-likeness (QED) is 0.672. The average Bonchev–Trinajstić information content (AvgIpc) is 2.49. The Bertz CT molecular complexity index is 336. The van der Waals surface area contributed by atoms with Crippen molar-refractivity contribution in [1.82, 2.24) is 20.2 Å². The van der Waals surface area contributed by atoms with E-state index >= 15 is 0 Å². The molecule has 0 bridgehead atoms. The number of nitrogens with two attached hydrogens (primary N) is 1. The third kappa shape index (κ3) is 2.14. The van der Waals surface area contributed by atoms with Gasteiger partial charge in [-0.25, -0.2) is 0 Å². The van der Waals surface area contributed by atoms with Crippen LogP contribution in [0, 0.1) is 0 Å². The zero-order valence-corrected chi connectivity index (χ0v) is 8.85. The Labute approximate surface area is 82.5 Å². The summed E-state index contributed by atoms with van der Waals surface area (Å²) in [7, 11) is 0. The number of Topliss-reactive ketones (excluding diaryl/α,β-unsaturated/α-hetero) is 1. The molecule has 1 aromatic heterocycles. The first-order valence-corrected chi connectivity index (χ1v) is 4.42. The molecule has 1 rings (SSSR count). The van der Waals surface area contributed by atoms with Gasteiger partial charge in [0.05, 0.1) is 11.6 Å². The van der Waals surface area contributed by atoms with Gasteiger partial charge in [0.15, 0.2) is 0 Å². The van der Waals surface area contributed by atoms with Gasteiger partial charge < -0.3 is 5.73 Å². The Morgan fingerprint density at radius 1 is 1.50 bits per heavy atom. The van der Waals surface area contributed by atoms with Gasteiger partial charge in [0.1, 0.15) is 0 Å². The van der Waals surface area contributed by atoms with Crippen LogP contribution < -0.4 is 5.73 Å². The summed E-state index contributed by atoms with van der Waals surface area (Å²) in [5, 5.41) is 11.4. The van der Waals surface area contributed by atoms with Gasteiger partial charge in [0.25, 0.3) is 0 Å². The van der Waals surface area contributed by atoms with Crippen molar-refractivity contribution in [2.45, 2.75) is 39.3 Å². The summed E-state index contributed by atoms with van der Waals surface area (Å²) in [5.74, 6) is -0.213. The largest absolute Gasteiger partial charge is 0.321 e. The maximum Gasteiger partial charge on any atom is 0.242 e. The van der Waals surface area contributed by atoms with Crippen molar-refractivity contribution in [3.05, 3.63) is 5.82 Å². The molecule has 1 heterocycles. The van der Waals surface area contributed by atoms with E-state index in [1.54, 1.807) is 6.92 Å². The van der Waals surface area contributed by atoms with Crippen molar-refractivity contribution in [2.24, 2.45) is 5.73 Å². The minimum atomic E-state index is -0.590. The zero-order chi connectivity index (χ0) is 10.9. The van der Waals surface area contributed by atoms with Crippen LogP contribution in [0.4, 0.5) is 0 Å². The van der Waals surface area contributed by atoms with Gasteiger partial charge in [0, 0.05) is 0 Å². The first-order chi connectivity index (χ1) is 6.32. The van der Waals surface area contributed by atoms with Crippen LogP contribution in [0.2, 0.25) is 0 Å². The molecule has 0 fully saturated rings. The number of aromatic nitrogens is 4. The van der Waals surface area contributed by atoms with E-state index in [2.05, 4.69) is 15.4 Å². The molecule has 6 heteroatoms. The Balaban J connectivity index is 2.95. The zero-order valence-electron chi connectivity index (χ0n) is 8.85.